The summed E-state index contributed by atoms with van der Waals surface area (Å²) in [4.78, 5) is 3.75. The molecule has 1 aliphatic carbocycles. The van der Waals surface area contributed by atoms with E-state index in [1.807, 2.05) is 0 Å². The van der Waals surface area contributed by atoms with Gasteiger partial charge in [-0.05, 0) is 43.1 Å². The second kappa shape index (κ2) is 6.46. The van der Waals surface area contributed by atoms with Crippen LogP contribution in [0.1, 0.15) is 56.9 Å². The van der Waals surface area contributed by atoms with Crippen molar-refractivity contribution in [2.75, 3.05) is 0 Å². The van der Waals surface area contributed by atoms with Crippen LogP contribution in [0.3, 0.4) is 0 Å². The number of hydrogen-bond donors (Lipinski definition) is 0. The average molecular weight is 287 g/mol. The summed E-state index contributed by atoms with van der Waals surface area (Å²) >= 11 is 0. The van der Waals surface area contributed by atoms with Crippen LogP contribution >= 0.6 is 0 Å². The van der Waals surface area contributed by atoms with E-state index in [9.17, 15) is 13.2 Å². The molecule has 112 valence electrons. The predicted molar refractivity (Wildman–Crippen MR) is 70.5 cm³/mol. The van der Waals surface area contributed by atoms with Crippen LogP contribution in [0.5, 0.6) is 5.88 Å². The zero-order valence-electron chi connectivity index (χ0n) is 11.6. The monoisotopic (exact) mass is 287 g/mol. The third-order valence-corrected chi connectivity index (χ3v) is 3.99. The third-order valence-electron chi connectivity index (χ3n) is 3.99. The van der Waals surface area contributed by atoms with E-state index >= 15 is 0 Å². The van der Waals surface area contributed by atoms with Gasteiger partial charge in [-0.25, -0.2) is 4.98 Å². The van der Waals surface area contributed by atoms with Gasteiger partial charge in [-0.1, -0.05) is 25.8 Å². The molecule has 1 aromatic heterocycles. The van der Waals surface area contributed by atoms with Crippen LogP contribution in [0.2, 0.25) is 0 Å². The lowest BCUT2D eigenvalue weighted by Gasteiger charge is -2.28. The summed E-state index contributed by atoms with van der Waals surface area (Å²) in [7, 11) is 0. The zero-order valence-corrected chi connectivity index (χ0v) is 11.6. The molecule has 20 heavy (non-hydrogen) atoms. The Morgan fingerprint density at radius 3 is 2.40 bits per heavy atom. The van der Waals surface area contributed by atoms with Crippen molar-refractivity contribution in [3.8, 4) is 5.88 Å². The van der Waals surface area contributed by atoms with Crippen molar-refractivity contribution >= 4 is 0 Å². The molecule has 0 N–H and O–H groups in total. The summed E-state index contributed by atoms with van der Waals surface area (Å²) in [5.74, 6) is 0.855. The fraction of sp³-hybridized carbons (Fsp3) is 0.667. The zero-order chi connectivity index (χ0) is 14.6. The molecule has 1 aliphatic rings. The molecule has 0 saturated heterocycles. The van der Waals surface area contributed by atoms with Crippen molar-refractivity contribution in [2.24, 2.45) is 5.92 Å². The van der Waals surface area contributed by atoms with E-state index in [-0.39, 0.29) is 5.88 Å². The number of ether oxygens (including phenoxy) is 1. The van der Waals surface area contributed by atoms with E-state index in [2.05, 4.69) is 16.6 Å². The molecule has 0 aliphatic heterocycles. The SMILES string of the molecule is CCCC1CCC(c2ccc(OC(F)(F)F)nc2)CC1. The maximum absolute atomic E-state index is 12.0. The lowest BCUT2D eigenvalue weighted by atomic mass is 9.77. The molecule has 0 radical (unpaired) electrons. The number of hydrogen-bond acceptors (Lipinski definition) is 2. The molecule has 1 aromatic rings. The van der Waals surface area contributed by atoms with Gasteiger partial charge in [-0.3, -0.25) is 0 Å². The maximum atomic E-state index is 12.0. The van der Waals surface area contributed by atoms with E-state index in [0.717, 1.165) is 24.3 Å². The minimum Gasteiger partial charge on any atom is -0.388 e. The number of nitrogens with zero attached hydrogens (tertiary/aromatic N) is 1. The summed E-state index contributed by atoms with van der Waals surface area (Å²) in [6, 6.07) is 3.01. The standard InChI is InChI=1S/C15H20F3NO/c1-2-3-11-4-6-12(7-5-11)13-8-9-14(19-10-13)20-15(16,17)18/h8-12H,2-7H2,1H3. The first-order valence-corrected chi connectivity index (χ1v) is 7.19. The van der Waals surface area contributed by atoms with Crippen LogP contribution in [0.4, 0.5) is 13.2 Å². The smallest absolute Gasteiger partial charge is 0.388 e. The molecule has 0 bridgehead atoms. The lowest BCUT2D eigenvalue weighted by Crippen LogP contribution is -2.18. The molecule has 1 saturated carbocycles. The highest BCUT2D eigenvalue weighted by Gasteiger charge is 2.31. The second-order valence-corrected chi connectivity index (χ2v) is 5.48. The van der Waals surface area contributed by atoms with Gasteiger partial charge in [0.2, 0.25) is 5.88 Å². The highest BCUT2D eigenvalue weighted by molar-refractivity contribution is 5.21. The second-order valence-electron chi connectivity index (χ2n) is 5.48. The number of alkyl halides is 3. The quantitative estimate of drug-likeness (QED) is 0.772. The lowest BCUT2D eigenvalue weighted by molar-refractivity contribution is -0.276. The van der Waals surface area contributed by atoms with Gasteiger partial charge in [0.15, 0.2) is 0 Å². The Bertz CT molecular complexity index is 408. The normalized spacial score (nSPS) is 23.6. The minimum absolute atomic E-state index is 0.388. The molecule has 2 rings (SSSR count). The summed E-state index contributed by atoms with van der Waals surface area (Å²) in [5, 5.41) is 0. The Kier molecular flexibility index (Phi) is 4.89. The Morgan fingerprint density at radius 1 is 1.20 bits per heavy atom. The first-order valence-electron chi connectivity index (χ1n) is 7.19. The molecule has 1 heterocycles. The third kappa shape index (κ3) is 4.39. The van der Waals surface area contributed by atoms with Crippen molar-refractivity contribution < 1.29 is 17.9 Å². The summed E-state index contributed by atoms with van der Waals surface area (Å²) < 4.78 is 39.9. The topological polar surface area (TPSA) is 22.1 Å². The van der Waals surface area contributed by atoms with Gasteiger partial charge in [0.05, 0.1) is 0 Å². The fourth-order valence-corrected chi connectivity index (χ4v) is 3.00. The van der Waals surface area contributed by atoms with Crippen molar-refractivity contribution in [1.82, 2.24) is 4.98 Å². The van der Waals surface area contributed by atoms with E-state index in [1.165, 1.54) is 37.9 Å². The molecule has 5 heteroatoms. The highest BCUT2D eigenvalue weighted by Crippen LogP contribution is 2.37. The number of halogens is 3. The maximum Gasteiger partial charge on any atom is 0.574 e. The molecule has 0 spiro atoms. The number of aromatic nitrogens is 1. The van der Waals surface area contributed by atoms with Crippen molar-refractivity contribution in [3.05, 3.63) is 23.9 Å². The van der Waals surface area contributed by atoms with E-state index in [4.69, 9.17) is 0 Å². The van der Waals surface area contributed by atoms with Gasteiger partial charge in [0.25, 0.3) is 0 Å². The van der Waals surface area contributed by atoms with Gasteiger partial charge in [-0.15, -0.1) is 13.2 Å². The molecule has 1 fully saturated rings. The van der Waals surface area contributed by atoms with Gasteiger partial charge in [0, 0.05) is 12.3 Å². The molecule has 0 unspecified atom stereocenters. The molecular formula is C15H20F3NO. The minimum atomic E-state index is -4.67. The van der Waals surface area contributed by atoms with Crippen LogP contribution in [-0.2, 0) is 0 Å². The van der Waals surface area contributed by atoms with Crippen LogP contribution in [0.15, 0.2) is 18.3 Å². The van der Waals surface area contributed by atoms with Crippen LogP contribution in [-0.4, -0.2) is 11.3 Å². The summed E-state index contributed by atoms with van der Waals surface area (Å²) in [6.07, 6.45) is 3.97. The number of pyridine rings is 1. The average Bonchev–Trinajstić information content (AvgIpc) is 2.39. The Hall–Kier alpha value is -1.26. The largest absolute Gasteiger partial charge is 0.574 e. The van der Waals surface area contributed by atoms with Crippen molar-refractivity contribution in [3.63, 3.8) is 0 Å². The van der Waals surface area contributed by atoms with Gasteiger partial charge in [-0.2, -0.15) is 0 Å². The molecule has 2 nitrogen and oxygen atoms in total. The number of rotatable bonds is 4. The van der Waals surface area contributed by atoms with Crippen LogP contribution in [0.25, 0.3) is 0 Å². The highest BCUT2D eigenvalue weighted by atomic mass is 19.4. The molecule has 0 aromatic carbocycles. The van der Waals surface area contributed by atoms with Crippen molar-refractivity contribution in [1.29, 1.82) is 0 Å². The van der Waals surface area contributed by atoms with Crippen LogP contribution in [0, 0.1) is 5.92 Å². The first-order chi connectivity index (χ1) is 9.48. The van der Waals surface area contributed by atoms with Gasteiger partial charge >= 0.3 is 6.36 Å². The molecular weight excluding hydrogens is 267 g/mol. The van der Waals surface area contributed by atoms with Gasteiger partial charge < -0.3 is 4.74 Å². The summed E-state index contributed by atoms with van der Waals surface area (Å²) in [5.41, 5.74) is 1.02. The van der Waals surface area contributed by atoms with E-state index in [0.29, 0.717) is 5.92 Å². The first kappa shape index (κ1) is 15.1. The fourth-order valence-electron chi connectivity index (χ4n) is 3.00. The van der Waals surface area contributed by atoms with E-state index in [1.54, 1.807) is 6.07 Å². The van der Waals surface area contributed by atoms with E-state index < -0.39 is 6.36 Å². The summed E-state index contributed by atoms with van der Waals surface area (Å²) in [6.45, 7) is 2.20. The van der Waals surface area contributed by atoms with Gasteiger partial charge in [0.1, 0.15) is 0 Å². The Balaban J connectivity index is 1.91. The molecule has 0 atom stereocenters. The molecule has 0 amide bonds. The Labute approximate surface area is 117 Å². The van der Waals surface area contributed by atoms with Crippen molar-refractivity contribution in [2.45, 2.75) is 57.7 Å². The predicted octanol–water partition coefficient (Wildman–Crippen LogP) is 5.05. The Morgan fingerprint density at radius 2 is 1.90 bits per heavy atom. The van der Waals surface area contributed by atoms with Crippen LogP contribution < -0.4 is 4.74 Å².